The molecule has 8 nitrogen and oxygen atoms in total. The Morgan fingerprint density at radius 2 is 1.86 bits per heavy atom. The fourth-order valence-corrected chi connectivity index (χ4v) is 4.22. The van der Waals surface area contributed by atoms with Gasteiger partial charge >= 0.3 is 5.97 Å². The molecule has 9 heteroatoms. The molecule has 1 heterocycles. The Balaban J connectivity index is 1.59. The SMILES string of the molecule is CCOc1cc(/C=C2\N=C(c3ccccc3C)OC2=O)cc(I)c1OCc1ccc([N+](=O)[O-])cc1. The summed E-state index contributed by atoms with van der Waals surface area (Å²) < 4.78 is 18.0. The lowest BCUT2D eigenvalue weighted by molar-refractivity contribution is -0.384. The first-order valence-corrected chi connectivity index (χ1v) is 11.8. The zero-order chi connectivity index (χ0) is 24.9. The number of aliphatic imine (C=N–C) groups is 1. The molecule has 0 unspecified atom stereocenters. The van der Waals surface area contributed by atoms with Crippen LogP contribution in [0.2, 0.25) is 0 Å². The first-order chi connectivity index (χ1) is 16.9. The number of nitro groups is 1. The number of nitrogens with zero attached hydrogens (tertiary/aromatic N) is 2. The number of halogens is 1. The molecule has 3 aromatic rings. The van der Waals surface area contributed by atoms with Crippen LogP contribution in [0.15, 0.2) is 71.4 Å². The fraction of sp³-hybridized carbons (Fsp3) is 0.154. The summed E-state index contributed by atoms with van der Waals surface area (Å²) in [6.07, 6.45) is 1.65. The van der Waals surface area contributed by atoms with Crippen molar-refractivity contribution in [2.24, 2.45) is 4.99 Å². The molecule has 0 N–H and O–H groups in total. The standard InChI is InChI=1S/C26H21IN2O6/c1-3-33-23-14-18(13-22-26(30)35-25(28-22)20-7-5-4-6-16(20)2)12-21(27)24(23)34-15-17-8-10-19(11-9-17)29(31)32/h4-14H,3,15H2,1-2H3/b22-13-. The first kappa shape index (κ1) is 24.4. The Kier molecular flexibility index (Phi) is 7.45. The Bertz CT molecular complexity index is 1350. The highest BCUT2D eigenvalue weighted by atomic mass is 127. The van der Waals surface area contributed by atoms with E-state index < -0.39 is 10.9 Å². The van der Waals surface area contributed by atoms with Crippen molar-refractivity contribution in [3.63, 3.8) is 0 Å². The number of carbonyl (C=O) groups is 1. The van der Waals surface area contributed by atoms with Crippen LogP contribution in [0.25, 0.3) is 6.08 Å². The van der Waals surface area contributed by atoms with Gasteiger partial charge in [0.15, 0.2) is 17.2 Å². The lowest BCUT2D eigenvalue weighted by atomic mass is 10.1. The number of esters is 1. The Hall–Kier alpha value is -3.73. The number of non-ortho nitro benzene ring substituents is 1. The topological polar surface area (TPSA) is 100 Å². The molecular weight excluding hydrogens is 563 g/mol. The van der Waals surface area contributed by atoms with Crippen molar-refractivity contribution < 1.29 is 23.9 Å². The second-order valence-corrected chi connectivity index (χ2v) is 8.79. The molecule has 4 rings (SSSR count). The zero-order valence-corrected chi connectivity index (χ0v) is 21.1. The lowest BCUT2D eigenvalue weighted by Gasteiger charge is -2.15. The van der Waals surface area contributed by atoms with E-state index in [1.165, 1.54) is 12.1 Å². The van der Waals surface area contributed by atoms with Gasteiger partial charge in [-0.3, -0.25) is 10.1 Å². The predicted molar refractivity (Wildman–Crippen MR) is 140 cm³/mol. The van der Waals surface area contributed by atoms with Crippen LogP contribution < -0.4 is 9.47 Å². The van der Waals surface area contributed by atoms with Crippen LogP contribution in [0.1, 0.15) is 29.2 Å². The second-order valence-electron chi connectivity index (χ2n) is 7.63. The number of ether oxygens (including phenoxy) is 3. The maximum Gasteiger partial charge on any atom is 0.363 e. The molecule has 0 saturated heterocycles. The van der Waals surface area contributed by atoms with Gasteiger partial charge in [-0.15, -0.1) is 0 Å². The number of hydrogen-bond donors (Lipinski definition) is 0. The summed E-state index contributed by atoms with van der Waals surface area (Å²) in [5.41, 5.74) is 3.44. The highest BCUT2D eigenvalue weighted by molar-refractivity contribution is 14.1. The van der Waals surface area contributed by atoms with Gasteiger partial charge in [0.2, 0.25) is 5.90 Å². The van der Waals surface area contributed by atoms with E-state index in [9.17, 15) is 14.9 Å². The number of aryl methyl sites for hydroxylation is 1. The predicted octanol–water partition coefficient (Wildman–Crippen LogP) is 5.83. The van der Waals surface area contributed by atoms with Gasteiger partial charge in [0, 0.05) is 17.7 Å². The molecule has 0 radical (unpaired) electrons. The van der Waals surface area contributed by atoms with Gasteiger partial charge in [-0.25, -0.2) is 9.79 Å². The third kappa shape index (κ3) is 5.68. The van der Waals surface area contributed by atoms with Crippen molar-refractivity contribution in [1.29, 1.82) is 0 Å². The van der Waals surface area contributed by atoms with Crippen LogP contribution >= 0.6 is 22.6 Å². The van der Waals surface area contributed by atoms with E-state index in [0.29, 0.717) is 23.7 Å². The fourth-order valence-electron chi connectivity index (χ4n) is 3.44. The number of rotatable bonds is 8. The Morgan fingerprint density at radius 1 is 1.11 bits per heavy atom. The van der Waals surface area contributed by atoms with E-state index in [2.05, 4.69) is 27.6 Å². The summed E-state index contributed by atoms with van der Waals surface area (Å²) in [5.74, 6) is 0.825. The summed E-state index contributed by atoms with van der Waals surface area (Å²) in [6, 6.07) is 17.4. The second kappa shape index (κ2) is 10.7. The van der Waals surface area contributed by atoms with Gasteiger partial charge in [0.05, 0.1) is 15.1 Å². The van der Waals surface area contributed by atoms with Gasteiger partial charge in [0.1, 0.15) is 6.61 Å². The maximum atomic E-state index is 12.5. The van der Waals surface area contributed by atoms with Gasteiger partial charge in [-0.1, -0.05) is 18.2 Å². The van der Waals surface area contributed by atoms with Gasteiger partial charge in [0.25, 0.3) is 5.69 Å². The minimum atomic E-state index is -0.519. The van der Waals surface area contributed by atoms with Gasteiger partial charge < -0.3 is 14.2 Å². The Labute approximate surface area is 215 Å². The van der Waals surface area contributed by atoms with Crippen molar-refractivity contribution in [3.05, 3.63) is 102 Å². The molecule has 0 aromatic heterocycles. The normalized spacial score (nSPS) is 14.0. The monoisotopic (exact) mass is 584 g/mol. The summed E-state index contributed by atoms with van der Waals surface area (Å²) in [6.45, 7) is 4.43. The molecule has 0 fully saturated rings. The van der Waals surface area contributed by atoms with E-state index in [1.807, 2.05) is 44.2 Å². The number of cyclic esters (lactones) is 1. The smallest absolute Gasteiger partial charge is 0.363 e. The zero-order valence-electron chi connectivity index (χ0n) is 19.0. The number of hydrogen-bond acceptors (Lipinski definition) is 7. The highest BCUT2D eigenvalue weighted by Crippen LogP contribution is 2.36. The molecule has 0 aliphatic carbocycles. The van der Waals surface area contributed by atoms with Crippen LogP contribution in [0, 0.1) is 20.6 Å². The molecule has 0 spiro atoms. The summed E-state index contributed by atoms with van der Waals surface area (Å²) in [5, 5.41) is 10.8. The molecule has 1 aliphatic heterocycles. The van der Waals surface area contributed by atoms with Crippen molar-refractivity contribution in [1.82, 2.24) is 0 Å². The first-order valence-electron chi connectivity index (χ1n) is 10.8. The van der Waals surface area contributed by atoms with Crippen LogP contribution in [0.3, 0.4) is 0 Å². The van der Waals surface area contributed by atoms with E-state index in [1.54, 1.807) is 24.3 Å². The van der Waals surface area contributed by atoms with Crippen molar-refractivity contribution in [2.75, 3.05) is 6.61 Å². The molecule has 0 saturated carbocycles. The third-order valence-electron chi connectivity index (χ3n) is 5.16. The van der Waals surface area contributed by atoms with Crippen LogP contribution in [-0.4, -0.2) is 23.4 Å². The quantitative estimate of drug-likeness (QED) is 0.109. The van der Waals surface area contributed by atoms with Gasteiger partial charge in [-0.2, -0.15) is 0 Å². The number of benzene rings is 3. The molecule has 0 bridgehead atoms. The minimum Gasteiger partial charge on any atom is -0.490 e. The van der Waals surface area contributed by atoms with E-state index in [4.69, 9.17) is 14.2 Å². The summed E-state index contributed by atoms with van der Waals surface area (Å²) in [4.78, 5) is 27.3. The minimum absolute atomic E-state index is 0.0226. The number of carbonyl (C=O) groups excluding carboxylic acids is 1. The lowest BCUT2D eigenvalue weighted by Crippen LogP contribution is -2.06. The van der Waals surface area contributed by atoms with Crippen LogP contribution in [0.5, 0.6) is 11.5 Å². The molecule has 3 aromatic carbocycles. The largest absolute Gasteiger partial charge is 0.490 e. The highest BCUT2D eigenvalue weighted by Gasteiger charge is 2.25. The maximum absolute atomic E-state index is 12.5. The van der Waals surface area contributed by atoms with Gasteiger partial charge in [-0.05, 0) is 89.5 Å². The molecule has 1 aliphatic rings. The van der Waals surface area contributed by atoms with E-state index >= 15 is 0 Å². The average molecular weight is 584 g/mol. The van der Waals surface area contributed by atoms with Crippen molar-refractivity contribution in [2.45, 2.75) is 20.5 Å². The molecule has 178 valence electrons. The van der Waals surface area contributed by atoms with Crippen LogP contribution in [0.4, 0.5) is 5.69 Å². The molecule has 0 amide bonds. The van der Waals surface area contributed by atoms with Crippen molar-refractivity contribution >= 4 is 46.2 Å². The van der Waals surface area contributed by atoms with E-state index in [0.717, 1.165) is 20.3 Å². The van der Waals surface area contributed by atoms with E-state index in [-0.39, 0.29) is 23.9 Å². The summed E-state index contributed by atoms with van der Waals surface area (Å²) >= 11 is 2.14. The number of nitro benzene ring substituents is 1. The van der Waals surface area contributed by atoms with Crippen molar-refractivity contribution in [3.8, 4) is 11.5 Å². The van der Waals surface area contributed by atoms with Crippen LogP contribution in [-0.2, 0) is 16.1 Å². The third-order valence-corrected chi connectivity index (χ3v) is 5.96. The average Bonchev–Trinajstić information content (AvgIpc) is 3.19. The Morgan fingerprint density at radius 3 is 2.54 bits per heavy atom. The molecular formula is C26H21IN2O6. The molecule has 0 atom stereocenters. The summed E-state index contributed by atoms with van der Waals surface area (Å²) in [7, 11) is 0. The molecule has 35 heavy (non-hydrogen) atoms.